The van der Waals surface area contributed by atoms with Crippen LogP contribution >= 0.6 is 0 Å². The van der Waals surface area contributed by atoms with Gasteiger partial charge in [0.25, 0.3) is 0 Å². The molecule has 3 aromatic rings. The van der Waals surface area contributed by atoms with Gasteiger partial charge in [0.15, 0.2) is 5.65 Å². The normalized spacial score (nSPS) is 19.3. The van der Waals surface area contributed by atoms with Crippen LogP contribution in [-0.2, 0) is 0 Å². The number of hydrogen-bond acceptors (Lipinski definition) is 4. The van der Waals surface area contributed by atoms with Crippen molar-refractivity contribution in [3.63, 3.8) is 0 Å². The van der Waals surface area contributed by atoms with Crippen molar-refractivity contribution in [3.8, 4) is 17.1 Å². The van der Waals surface area contributed by atoms with Gasteiger partial charge in [0.05, 0.1) is 6.17 Å². The monoisotopic (exact) mass is 308 g/mol. The number of benzene rings is 1. The van der Waals surface area contributed by atoms with E-state index in [-0.39, 0.29) is 11.9 Å². The minimum atomic E-state index is 0.251. The van der Waals surface area contributed by atoms with E-state index in [0.717, 1.165) is 35.5 Å². The first-order chi connectivity index (χ1) is 11.2. The third-order valence-corrected chi connectivity index (χ3v) is 4.58. The molecule has 0 amide bonds. The molecule has 0 spiro atoms. The second kappa shape index (κ2) is 5.66. The summed E-state index contributed by atoms with van der Waals surface area (Å²) in [5.74, 6) is 1.12. The van der Waals surface area contributed by atoms with Gasteiger partial charge < -0.3 is 5.11 Å². The van der Waals surface area contributed by atoms with Gasteiger partial charge in [0.1, 0.15) is 17.1 Å². The molecule has 1 aromatic carbocycles. The van der Waals surface area contributed by atoms with Crippen molar-refractivity contribution in [1.82, 2.24) is 19.4 Å². The van der Waals surface area contributed by atoms with E-state index in [2.05, 4.69) is 21.5 Å². The summed E-state index contributed by atoms with van der Waals surface area (Å²) in [5.41, 5.74) is 2.72. The van der Waals surface area contributed by atoms with Gasteiger partial charge in [-0.2, -0.15) is 0 Å². The fraction of sp³-hybridized carbons (Fsp3) is 0.333. The molecule has 0 bridgehead atoms. The molecule has 5 heteroatoms. The smallest absolute Gasteiger partial charge is 0.161 e. The lowest BCUT2D eigenvalue weighted by molar-refractivity contribution is 0.131. The highest BCUT2D eigenvalue weighted by molar-refractivity contribution is 5.77. The summed E-state index contributed by atoms with van der Waals surface area (Å²) >= 11 is 0. The fourth-order valence-corrected chi connectivity index (χ4v) is 3.44. The molecule has 3 heterocycles. The predicted molar refractivity (Wildman–Crippen MR) is 90.1 cm³/mol. The van der Waals surface area contributed by atoms with Crippen LogP contribution in [0.4, 0.5) is 0 Å². The summed E-state index contributed by atoms with van der Waals surface area (Å²) in [4.78, 5) is 11.7. The zero-order valence-electron chi connectivity index (χ0n) is 13.2. The second-order valence-electron chi connectivity index (χ2n) is 6.16. The van der Waals surface area contributed by atoms with Gasteiger partial charge in [-0.15, -0.1) is 0 Å². The molecule has 2 aromatic heterocycles. The van der Waals surface area contributed by atoms with Gasteiger partial charge in [-0.1, -0.05) is 12.1 Å². The van der Waals surface area contributed by atoms with Crippen LogP contribution < -0.4 is 0 Å². The van der Waals surface area contributed by atoms with Crippen molar-refractivity contribution < 1.29 is 5.11 Å². The molecular formula is C18H20N4O. The Labute approximate surface area is 135 Å². The quantitative estimate of drug-likeness (QED) is 0.788. The van der Waals surface area contributed by atoms with Crippen LogP contribution in [0, 0.1) is 0 Å². The Morgan fingerprint density at radius 1 is 1.17 bits per heavy atom. The van der Waals surface area contributed by atoms with E-state index in [1.54, 1.807) is 12.1 Å². The van der Waals surface area contributed by atoms with Crippen LogP contribution in [0.2, 0.25) is 0 Å². The Kier molecular flexibility index (Phi) is 3.50. The van der Waals surface area contributed by atoms with Gasteiger partial charge in [-0.3, -0.25) is 9.47 Å². The van der Waals surface area contributed by atoms with E-state index < -0.39 is 0 Å². The van der Waals surface area contributed by atoms with Crippen LogP contribution in [0.5, 0.6) is 5.75 Å². The first-order valence-corrected chi connectivity index (χ1v) is 8.06. The zero-order chi connectivity index (χ0) is 15.8. The Morgan fingerprint density at radius 2 is 2.09 bits per heavy atom. The number of phenolic OH excluding ortho intramolecular Hbond substituents is 1. The van der Waals surface area contributed by atoms with E-state index in [4.69, 9.17) is 4.98 Å². The number of pyridine rings is 1. The SMILES string of the molecule is CN1CCCCC1n1c(-c2cccc(O)c2)nc2cccnc21. The first-order valence-electron chi connectivity index (χ1n) is 8.06. The van der Waals surface area contributed by atoms with E-state index in [9.17, 15) is 5.11 Å². The Balaban J connectivity index is 1.94. The third kappa shape index (κ3) is 2.47. The highest BCUT2D eigenvalue weighted by Crippen LogP contribution is 2.33. The Hall–Kier alpha value is -2.40. The number of rotatable bonds is 2. The molecule has 0 saturated carbocycles. The summed E-state index contributed by atoms with van der Waals surface area (Å²) in [5, 5.41) is 9.84. The van der Waals surface area contributed by atoms with Crippen molar-refractivity contribution in [1.29, 1.82) is 0 Å². The highest BCUT2D eigenvalue weighted by atomic mass is 16.3. The Morgan fingerprint density at radius 3 is 2.91 bits per heavy atom. The van der Waals surface area contributed by atoms with Crippen molar-refractivity contribution in [2.45, 2.75) is 25.4 Å². The minimum Gasteiger partial charge on any atom is -0.508 e. The maximum atomic E-state index is 9.84. The second-order valence-corrected chi connectivity index (χ2v) is 6.16. The first kappa shape index (κ1) is 14.2. The molecular weight excluding hydrogens is 288 g/mol. The molecule has 0 aliphatic carbocycles. The van der Waals surface area contributed by atoms with Crippen LogP contribution in [-0.4, -0.2) is 38.1 Å². The van der Waals surface area contributed by atoms with Gasteiger partial charge >= 0.3 is 0 Å². The highest BCUT2D eigenvalue weighted by Gasteiger charge is 2.26. The predicted octanol–water partition coefficient (Wildman–Crippen LogP) is 3.42. The lowest BCUT2D eigenvalue weighted by Gasteiger charge is -2.34. The number of fused-ring (bicyclic) bond motifs is 1. The number of aromatic nitrogens is 3. The summed E-state index contributed by atoms with van der Waals surface area (Å²) in [6.07, 6.45) is 5.59. The largest absolute Gasteiger partial charge is 0.508 e. The fourth-order valence-electron chi connectivity index (χ4n) is 3.44. The molecule has 1 atom stereocenters. The number of likely N-dealkylation sites (tertiary alicyclic amines) is 1. The minimum absolute atomic E-state index is 0.251. The summed E-state index contributed by atoms with van der Waals surface area (Å²) in [6.45, 7) is 1.08. The lowest BCUT2D eigenvalue weighted by atomic mass is 10.1. The molecule has 1 aliphatic heterocycles. The number of hydrogen-bond donors (Lipinski definition) is 1. The molecule has 1 aliphatic rings. The molecule has 0 radical (unpaired) electrons. The van der Waals surface area contributed by atoms with Crippen molar-refractivity contribution in [2.24, 2.45) is 0 Å². The van der Waals surface area contributed by atoms with E-state index in [1.807, 2.05) is 30.5 Å². The zero-order valence-corrected chi connectivity index (χ0v) is 13.2. The average molecular weight is 308 g/mol. The van der Waals surface area contributed by atoms with Crippen molar-refractivity contribution in [3.05, 3.63) is 42.6 Å². The average Bonchev–Trinajstić information content (AvgIpc) is 2.95. The van der Waals surface area contributed by atoms with E-state index in [1.165, 1.54) is 12.8 Å². The summed E-state index contributed by atoms with van der Waals surface area (Å²) in [7, 11) is 2.16. The molecule has 118 valence electrons. The van der Waals surface area contributed by atoms with E-state index >= 15 is 0 Å². The molecule has 23 heavy (non-hydrogen) atoms. The van der Waals surface area contributed by atoms with Gasteiger partial charge in [0, 0.05) is 11.8 Å². The Bertz CT molecular complexity index is 842. The summed E-state index contributed by atoms with van der Waals surface area (Å²) in [6, 6.07) is 11.2. The van der Waals surface area contributed by atoms with Crippen molar-refractivity contribution in [2.75, 3.05) is 13.6 Å². The number of piperidine rings is 1. The lowest BCUT2D eigenvalue weighted by Crippen LogP contribution is -2.34. The maximum Gasteiger partial charge on any atom is 0.161 e. The van der Waals surface area contributed by atoms with Crippen LogP contribution in [0.3, 0.4) is 0 Å². The maximum absolute atomic E-state index is 9.84. The van der Waals surface area contributed by atoms with Gasteiger partial charge in [0.2, 0.25) is 0 Å². The third-order valence-electron chi connectivity index (χ3n) is 4.58. The standard InChI is InChI=1S/C18H20N4O/c1-21-11-3-2-9-16(21)22-17(13-6-4-7-14(23)12-13)20-15-8-5-10-19-18(15)22/h4-8,10,12,16,23H,2-3,9,11H2,1H3. The number of phenols is 1. The number of aromatic hydroxyl groups is 1. The molecule has 1 unspecified atom stereocenters. The summed E-state index contributed by atoms with van der Waals surface area (Å²) < 4.78 is 2.23. The molecule has 1 saturated heterocycles. The molecule has 4 rings (SSSR count). The molecule has 1 N–H and O–H groups in total. The van der Waals surface area contributed by atoms with Crippen LogP contribution in [0.25, 0.3) is 22.6 Å². The van der Waals surface area contributed by atoms with Crippen LogP contribution in [0.1, 0.15) is 25.4 Å². The molecule has 5 nitrogen and oxygen atoms in total. The number of nitrogens with zero attached hydrogens (tertiary/aromatic N) is 4. The van der Waals surface area contributed by atoms with Crippen LogP contribution in [0.15, 0.2) is 42.6 Å². The van der Waals surface area contributed by atoms with E-state index in [0.29, 0.717) is 0 Å². The van der Waals surface area contributed by atoms with Gasteiger partial charge in [-0.25, -0.2) is 9.97 Å². The number of imidazole rings is 1. The van der Waals surface area contributed by atoms with Crippen molar-refractivity contribution >= 4 is 11.2 Å². The van der Waals surface area contributed by atoms with Gasteiger partial charge in [-0.05, 0) is 57.1 Å². The topological polar surface area (TPSA) is 54.2 Å². The molecule has 1 fully saturated rings.